The van der Waals surface area contributed by atoms with Gasteiger partial charge in [-0.05, 0) is 42.3 Å². The fraction of sp³-hybridized carbons (Fsp3) is 0.214. The molecule has 2 aromatic rings. The fourth-order valence-corrected chi connectivity index (χ4v) is 2.97. The number of hydrogen-bond acceptors (Lipinski definition) is 4. The van der Waals surface area contributed by atoms with Crippen LogP contribution in [0.2, 0.25) is 5.02 Å². The van der Waals surface area contributed by atoms with Crippen LogP contribution in [0, 0.1) is 0 Å². The molecule has 0 amide bonds. The summed E-state index contributed by atoms with van der Waals surface area (Å²) >= 11 is 7.71. The minimum absolute atomic E-state index is 0.214. The summed E-state index contributed by atoms with van der Waals surface area (Å²) in [6.45, 7) is 0. The molecule has 1 heterocycles. The molecule has 0 aliphatic rings. The van der Waals surface area contributed by atoms with Crippen molar-refractivity contribution in [3.05, 3.63) is 59.4 Å². The summed E-state index contributed by atoms with van der Waals surface area (Å²) in [7, 11) is 0. The second-order valence-electron chi connectivity index (χ2n) is 4.19. The second kappa shape index (κ2) is 7.50. The Morgan fingerprint density at radius 3 is 2.74 bits per heavy atom. The zero-order valence-corrected chi connectivity index (χ0v) is 12.0. The van der Waals surface area contributed by atoms with Gasteiger partial charge in [-0.3, -0.25) is 16.3 Å². The number of nitrogens with two attached hydrogens (primary N) is 1. The van der Waals surface area contributed by atoms with Crippen molar-refractivity contribution in [2.75, 3.05) is 5.75 Å². The number of thioether (sulfide) groups is 1. The van der Waals surface area contributed by atoms with Crippen LogP contribution in [0.1, 0.15) is 5.56 Å². The third-order valence-electron chi connectivity index (χ3n) is 2.71. The van der Waals surface area contributed by atoms with E-state index in [4.69, 9.17) is 17.4 Å². The second-order valence-corrected chi connectivity index (χ2v) is 5.72. The molecule has 1 atom stereocenters. The molecule has 100 valence electrons. The largest absolute Gasteiger partial charge is 0.271 e. The third-order valence-corrected chi connectivity index (χ3v) is 4.11. The van der Waals surface area contributed by atoms with E-state index in [0.717, 1.165) is 22.1 Å². The fourth-order valence-electron chi connectivity index (χ4n) is 1.72. The Morgan fingerprint density at radius 1 is 1.26 bits per heavy atom. The number of nitrogens with zero attached hydrogens (tertiary/aromatic N) is 1. The Morgan fingerprint density at radius 2 is 2.05 bits per heavy atom. The Labute approximate surface area is 122 Å². The highest BCUT2D eigenvalue weighted by Crippen LogP contribution is 2.22. The highest BCUT2D eigenvalue weighted by molar-refractivity contribution is 7.99. The van der Waals surface area contributed by atoms with Crippen molar-refractivity contribution in [1.29, 1.82) is 0 Å². The summed E-state index contributed by atoms with van der Waals surface area (Å²) < 4.78 is 0. The first-order chi connectivity index (χ1) is 9.28. The lowest BCUT2D eigenvalue weighted by Gasteiger charge is -2.15. The molecule has 0 radical (unpaired) electrons. The van der Waals surface area contributed by atoms with Gasteiger partial charge in [0.2, 0.25) is 0 Å². The lowest BCUT2D eigenvalue weighted by molar-refractivity contribution is 0.575. The molecule has 5 heteroatoms. The molecular formula is C14H16ClN3S. The van der Waals surface area contributed by atoms with Crippen LogP contribution < -0.4 is 11.3 Å². The molecule has 1 unspecified atom stereocenters. The molecule has 3 N–H and O–H groups in total. The van der Waals surface area contributed by atoms with Crippen LogP contribution in [0.15, 0.2) is 53.7 Å². The average Bonchev–Trinajstić information content (AvgIpc) is 2.44. The van der Waals surface area contributed by atoms with Crippen LogP contribution in [0.4, 0.5) is 0 Å². The first-order valence-corrected chi connectivity index (χ1v) is 7.37. The van der Waals surface area contributed by atoms with Crippen molar-refractivity contribution < 1.29 is 0 Å². The first-order valence-electron chi connectivity index (χ1n) is 6.01. The summed E-state index contributed by atoms with van der Waals surface area (Å²) in [6.07, 6.45) is 4.48. The number of aromatic nitrogens is 1. The molecule has 0 saturated heterocycles. The summed E-state index contributed by atoms with van der Waals surface area (Å²) in [6, 6.07) is 12.1. The predicted octanol–water partition coefficient (Wildman–Crippen LogP) is 2.90. The summed E-state index contributed by atoms with van der Waals surface area (Å²) in [4.78, 5) is 5.17. The van der Waals surface area contributed by atoms with Gasteiger partial charge in [0.25, 0.3) is 0 Å². The molecule has 0 bridgehead atoms. The Balaban J connectivity index is 1.89. The van der Waals surface area contributed by atoms with Crippen molar-refractivity contribution in [1.82, 2.24) is 10.4 Å². The summed E-state index contributed by atoms with van der Waals surface area (Å²) in [5, 5.41) is 0.761. The maximum absolute atomic E-state index is 5.96. The van der Waals surface area contributed by atoms with Crippen molar-refractivity contribution in [3.8, 4) is 0 Å². The lowest BCUT2D eigenvalue weighted by atomic mass is 10.1. The Hall–Kier alpha value is -1.07. The first kappa shape index (κ1) is 14.3. The molecule has 0 aliphatic carbocycles. The van der Waals surface area contributed by atoms with E-state index in [9.17, 15) is 0 Å². The van der Waals surface area contributed by atoms with Crippen molar-refractivity contribution in [2.24, 2.45) is 5.84 Å². The van der Waals surface area contributed by atoms with Gasteiger partial charge < -0.3 is 0 Å². The Bertz CT molecular complexity index is 507. The number of pyridine rings is 1. The van der Waals surface area contributed by atoms with E-state index in [1.165, 1.54) is 5.56 Å². The van der Waals surface area contributed by atoms with Gasteiger partial charge in [-0.25, -0.2) is 0 Å². The summed E-state index contributed by atoms with van der Waals surface area (Å²) in [5.41, 5.74) is 4.09. The highest BCUT2D eigenvalue weighted by atomic mass is 35.5. The molecule has 2 rings (SSSR count). The standard InChI is InChI=1S/C14H16ClN3S/c15-12-2-1-3-14(9-12)19-10-13(18-16)8-11-4-6-17-7-5-11/h1-7,9,13,18H,8,10,16H2. The highest BCUT2D eigenvalue weighted by Gasteiger charge is 2.08. The van der Waals surface area contributed by atoms with E-state index in [2.05, 4.69) is 16.5 Å². The van der Waals surface area contributed by atoms with Gasteiger partial charge in [0.1, 0.15) is 0 Å². The smallest absolute Gasteiger partial charge is 0.0417 e. The number of nitrogens with one attached hydrogen (secondary N) is 1. The van der Waals surface area contributed by atoms with Crippen LogP contribution >= 0.6 is 23.4 Å². The molecule has 0 saturated carbocycles. The van der Waals surface area contributed by atoms with E-state index < -0.39 is 0 Å². The van der Waals surface area contributed by atoms with Crippen LogP contribution in [0.5, 0.6) is 0 Å². The molecule has 1 aromatic heterocycles. The average molecular weight is 294 g/mol. The molecule has 3 nitrogen and oxygen atoms in total. The van der Waals surface area contributed by atoms with Gasteiger partial charge >= 0.3 is 0 Å². The van der Waals surface area contributed by atoms with Crippen molar-refractivity contribution in [3.63, 3.8) is 0 Å². The normalized spacial score (nSPS) is 12.3. The molecule has 0 spiro atoms. The van der Waals surface area contributed by atoms with Gasteiger partial charge in [-0.1, -0.05) is 17.7 Å². The Kier molecular flexibility index (Phi) is 5.66. The zero-order chi connectivity index (χ0) is 13.5. The van der Waals surface area contributed by atoms with Crippen LogP contribution in [0.25, 0.3) is 0 Å². The zero-order valence-electron chi connectivity index (χ0n) is 10.4. The van der Waals surface area contributed by atoms with Crippen molar-refractivity contribution >= 4 is 23.4 Å². The molecule has 19 heavy (non-hydrogen) atoms. The monoisotopic (exact) mass is 293 g/mol. The van der Waals surface area contributed by atoms with Crippen LogP contribution in [-0.4, -0.2) is 16.8 Å². The number of benzene rings is 1. The van der Waals surface area contributed by atoms with E-state index in [1.807, 2.05) is 30.3 Å². The maximum atomic E-state index is 5.96. The van der Waals surface area contributed by atoms with Crippen molar-refractivity contribution in [2.45, 2.75) is 17.4 Å². The predicted molar refractivity (Wildman–Crippen MR) is 81.2 cm³/mol. The SMILES string of the molecule is NNC(CSc1cccc(Cl)c1)Cc1ccncc1. The van der Waals surface area contributed by atoms with Gasteiger partial charge in [0.15, 0.2) is 0 Å². The molecule has 0 aliphatic heterocycles. The topological polar surface area (TPSA) is 50.9 Å². The number of hydrazine groups is 1. The van der Waals surface area contributed by atoms with E-state index >= 15 is 0 Å². The van der Waals surface area contributed by atoms with Gasteiger partial charge in [0, 0.05) is 34.1 Å². The quantitative estimate of drug-likeness (QED) is 0.488. The van der Waals surface area contributed by atoms with E-state index in [1.54, 1.807) is 24.2 Å². The molecule has 0 fully saturated rings. The van der Waals surface area contributed by atoms with Gasteiger partial charge in [-0.2, -0.15) is 0 Å². The van der Waals surface area contributed by atoms with Crippen LogP contribution in [0.3, 0.4) is 0 Å². The molecular weight excluding hydrogens is 278 g/mol. The van der Waals surface area contributed by atoms with E-state index in [-0.39, 0.29) is 6.04 Å². The van der Waals surface area contributed by atoms with Gasteiger partial charge in [0.05, 0.1) is 0 Å². The number of halogens is 1. The lowest BCUT2D eigenvalue weighted by Crippen LogP contribution is -2.38. The maximum Gasteiger partial charge on any atom is 0.0417 e. The minimum Gasteiger partial charge on any atom is -0.271 e. The third kappa shape index (κ3) is 4.84. The van der Waals surface area contributed by atoms with E-state index in [0.29, 0.717) is 0 Å². The minimum atomic E-state index is 0.214. The number of hydrogen-bond donors (Lipinski definition) is 2. The number of rotatable bonds is 6. The van der Waals surface area contributed by atoms with Gasteiger partial charge in [-0.15, -0.1) is 11.8 Å². The molecule has 1 aromatic carbocycles. The summed E-state index contributed by atoms with van der Waals surface area (Å²) in [5.74, 6) is 6.50. The van der Waals surface area contributed by atoms with Crippen LogP contribution in [-0.2, 0) is 6.42 Å².